The molecule has 1 N–H and O–H groups in total. The van der Waals surface area contributed by atoms with Crippen LogP contribution in [-0.2, 0) is 17.5 Å². The van der Waals surface area contributed by atoms with E-state index in [4.69, 9.17) is 5.26 Å². The standard InChI is InChI=1S/C18H19F3N4O/c1-12(14-4-6-15(7-5-14)18(19,20)21)10-17(26)23-16-11-13(2)24-25(16)9-3-8-22/h4-7,11-12H,3,9-10H2,1-2H3,(H,23,26)/t12-/m1/s1. The normalized spacial score (nSPS) is 12.5. The van der Waals surface area contributed by atoms with E-state index < -0.39 is 11.7 Å². The van der Waals surface area contributed by atoms with Crippen molar-refractivity contribution in [1.29, 1.82) is 5.26 Å². The van der Waals surface area contributed by atoms with Gasteiger partial charge < -0.3 is 5.32 Å². The molecule has 0 saturated heterocycles. The molecule has 1 amide bonds. The third-order valence-electron chi connectivity index (χ3n) is 3.90. The molecule has 0 saturated carbocycles. The molecule has 26 heavy (non-hydrogen) atoms. The van der Waals surface area contributed by atoms with Crippen molar-refractivity contribution in [3.05, 3.63) is 47.2 Å². The lowest BCUT2D eigenvalue weighted by Gasteiger charge is -2.14. The van der Waals surface area contributed by atoms with E-state index in [0.29, 0.717) is 23.6 Å². The van der Waals surface area contributed by atoms with Gasteiger partial charge in [-0.3, -0.25) is 4.79 Å². The fraction of sp³-hybridized carbons (Fsp3) is 0.389. The number of anilines is 1. The highest BCUT2D eigenvalue weighted by atomic mass is 19.4. The van der Waals surface area contributed by atoms with Crippen LogP contribution in [0.3, 0.4) is 0 Å². The van der Waals surface area contributed by atoms with Gasteiger partial charge in [0.05, 0.1) is 30.3 Å². The largest absolute Gasteiger partial charge is 0.416 e. The molecule has 8 heteroatoms. The molecule has 2 rings (SSSR count). The molecule has 0 aliphatic carbocycles. The topological polar surface area (TPSA) is 70.7 Å². The first-order valence-electron chi connectivity index (χ1n) is 8.09. The molecule has 0 aliphatic heterocycles. The van der Waals surface area contributed by atoms with Gasteiger partial charge in [0.2, 0.25) is 5.91 Å². The number of halogens is 3. The minimum absolute atomic E-state index is 0.119. The van der Waals surface area contributed by atoms with Gasteiger partial charge in [-0.2, -0.15) is 23.5 Å². The summed E-state index contributed by atoms with van der Waals surface area (Å²) in [6, 6.07) is 8.55. The van der Waals surface area contributed by atoms with Gasteiger partial charge in [0, 0.05) is 12.5 Å². The lowest BCUT2D eigenvalue weighted by molar-refractivity contribution is -0.137. The number of carbonyl (C=O) groups is 1. The summed E-state index contributed by atoms with van der Waals surface area (Å²) < 4.78 is 39.4. The van der Waals surface area contributed by atoms with Gasteiger partial charge in [-0.15, -0.1) is 0 Å². The van der Waals surface area contributed by atoms with Crippen LogP contribution in [0.15, 0.2) is 30.3 Å². The first-order chi connectivity index (χ1) is 12.2. The van der Waals surface area contributed by atoms with Crippen LogP contribution in [0.5, 0.6) is 0 Å². The lowest BCUT2D eigenvalue weighted by Crippen LogP contribution is -2.17. The van der Waals surface area contributed by atoms with Gasteiger partial charge in [-0.1, -0.05) is 19.1 Å². The number of nitriles is 1. The highest BCUT2D eigenvalue weighted by Gasteiger charge is 2.30. The maximum absolute atomic E-state index is 12.6. The van der Waals surface area contributed by atoms with Crippen molar-refractivity contribution in [3.63, 3.8) is 0 Å². The number of amides is 1. The van der Waals surface area contributed by atoms with Crippen LogP contribution in [-0.4, -0.2) is 15.7 Å². The molecule has 0 bridgehead atoms. The summed E-state index contributed by atoms with van der Waals surface area (Å²) >= 11 is 0. The monoisotopic (exact) mass is 364 g/mol. The number of carbonyl (C=O) groups excluding carboxylic acids is 1. The van der Waals surface area contributed by atoms with E-state index in [1.165, 1.54) is 12.1 Å². The van der Waals surface area contributed by atoms with Crippen molar-refractivity contribution in [1.82, 2.24) is 9.78 Å². The molecule has 1 heterocycles. The average molecular weight is 364 g/mol. The summed E-state index contributed by atoms with van der Waals surface area (Å²) in [5, 5.41) is 15.6. The Morgan fingerprint density at radius 1 is 1.35 bits per heavy atom. The number of benzene rings is 1. The van der Waals surface area contributed by atoms with Gasteiger partial charge in [-0.05, 0) is 30.5 Å². The highest BCUT2D eigenvalue weighted by molar-refractivity contribution is 5.90. The van der Waals surface area contributed by atoms with Crippen molar-refractivity contribution in [3.8, 4) is 6.07 Å². The Bertz CT molecular complexity index is 803. The Morgan fingerprint density at radius 3 is 2.58 bits per heavy atom. The van der Waals surface area contributed by atoms with Crippen molar-refractivity contribution in [2.75, 3.05) is 5.32 Å². The van der Waals surface area contributed by atoms with Crippen LogP contribution in [0.25, 0.3) is 0 Å². The van der Waals surface area contributed by atoms with E-state index in [2.05, 4.69) is 10.4 Å². The lowest BCUT2D eigenvalue weighted by atomic mass is 9.96. The Labute approximate surface area is 149 Å². The quantitative estimate of drug-likeness (QED) is 0.833. The van der Waals surface area contributed by atoms with Crippen LogP contribution in [0.4, 0.5) is 19.0 Å². The summed E-state index contributed by atoms with van der Waals surface area (Å²) in [5.74, 6) is -0.00765. The Balaban J connectivity index is 2.00. The first kappa shape index (κ1) is 19.5. The summed E-state index contributed by atoms with van der Waals surface area (Å²) in [6.07, 6.45) is -3.99. The number of hydrogen-bond acceptors (Lipinski definition) is 3. The Morgan fingerprint density at radius 2 is 2.00 bits per heavy atom. The van der Waals surface area contributed by atoms with E-state index in [9.17, 15) is 18.0 Å². The van der Waals surface area contributed by atoms with Gasteiger partial charge >= 0.3 is 6.18 Å². The number of alkyl halides is 3. The van der Waals surface area contributed by atoms with E-state index in [0.717, 1.165) is 12.1 Å². The second-order valence-corrected chi connectivity index (χ2v) is 6.08. The average Bonchev–Trinajstić information content (AvgIpc) is 2.91. The highest BCUT2D eigenvalue weighted by Crippen LogP contribution is 2.30. The third kappa shape index (κ3) is 5.09. The Kier molecular flexibility index (Phi) is 6.03. The zero-order valence-corrected chi connectivity index (χ0v) is 14.5. The second-order valence-electron chi connectivity index (χ2n) is 6.08. The van der Waals surface area contributed by atoms with Crippen LogP contribution in [0, 0.1) is 18.3 Å². The van der Waals surface area contributed by atoms with E-state index in [-0.39, 0.29) is 24.7 Å². The molecule has 0 fully saturated rings. The number of rotatable bonds is 6. The summed E-state index contributed by atoms with van der Waals surface area (Å²) in [5.41, 5.74) is 0.658. The van der Waals surface area contributed by atoms with E-state index >= 15 is 0 Å². The van der Waals surface area contributed by atoms with Crippen molar-refractivity contribution < 1.29 is 18.0 Å². The Hall–Kier alpha value is -2.82. The first-order valence-corrected chi connectivity index (χ1v) is 8.09. The van der Waals surface area contributed by atoms with Crippen LogP contribution in [0.1, 0.15) is 42.5 Å². The summed E-state index contributed by atoms with van der Waals surface area (Å²) in [6.45, 7) is 3.93. The number of aryl methyl sites for hydroxylation is 2. The maximum atomic E-state index is 12.6. The van der Waals surface area contributed by atoms with Crippen molar-refractivity contribution >= 4 is 11.7 Å². The van der Waals surface area contributed by atoms with Crippen molar-refractivity contribution in [2.24, 2.45) is 0 Å². The fourth-order valence-electron chi connectivity index (χ4n) is 2.56. The molecule has 1 aromatic carbocycles. The number of nitrogens with zero attached hydrogens (tertiary/aromatic N) is 3. The molecule has 1 atom stereocenters. The SMILES string of the molecule is Cc1cc(NC(=O)C[C@@H](C)c2ccc(C(F)(F)F)cc2)n(CCC#N)n1. The van der Waals surface area contributed by atoms with Gasteiger partial charge in [0.15, 0.2) is 0 Å². The fourth-order valence-corrected chi connectivity index (χ4v) is 2.56. The van der Waals surface area contributed by atoms with Crippen LogP contribution >= 0.6 is 0 Å². The molecule has 0 radical (unpaired) electrons. The third-order valence-corrected chi connectivity index (χ3v) is 3.90. The maximum Gasteiger partial charge on any atom is 0.416 e. The zero-order chi connectivity index (χ0) is 19.3. The number of hydrogen-bond donors (Lipinski definition) is 1. The molecule has 2 aromatic rings. The van der Waals surface area contributed by atoms with Crippen LogP contribution in [0.2, 0.25) is 0 Å². The minimum Gasteiger partial charge on any atom is -0.311 e. The molecule has 5 nitrogen and oxygen atoms in total. The predicted octanol–water partition coefficient (Wildman–Crippen LogP) is 4.26. The van der Waals surface area contributed by atoms with Gasteiger partial charge in [0.1, 0.15) is 5.82 Å². The number of aromatic nitrogens is 2. The van der Waals surface area contributed by atoms with E-state index in [1.807, 2.05) is 6.07 Å². The summed E-state index contributed by atoms with van der Waals surface area (Å²) in [7, 11) is 0. The molecular weight excluding hydrogens is 345 g/mol. The zero-order valence-electron chi connectivity index (χ0n) is 14.5. The van der Waals surface area contributed by atoms with Gasteiger partial charge in [0.25, 0.3) is 0 Å². The van der Waals surface area contributed by atoms with Gasteiger partial charge in [-0.25, -0.2) is 4.68 Å². The predicted molar refractivity (Wildman–Crippen MR) is 90.3 cm³/mol. The molecule has 138 valence electrons. The van der Waals surface area contributed by atoms with Crippen LogP contribution < -0.4 is 5.32 Å². The smallest absolute Gasteiger partial charge is 0.311 e. The number of nitrogens with one attached hydrogen (secondary N) is 1. The molecule has 0 spiro atoms. The molecular formula is C18H19F3N4O. The second kappa shape index (κ2) is 8.04. The van der Waals surface area contributed by atoms with E-state index in [1.54, 1.807) is 24.6 Å². The molecule has 1 aromatic heterocycles. The molecule has 0 aliphatic rings. The van der Waals surface area contributed by atoms with Crippen molar-refractivity contribution in [2.45, 2.75) is 45.3 Å². The molecule has 0 unspecified atom stereocenters. The summed E-state index contributed by atoms with van der Waals surface area (Å²) in [4.78, 5) is 12.3. The minimum atomic E-state index is -4.38.